The predicted molar refractivity (Wildman–Crippen MR) is 97.3 cm³/mol. The number of nitrogens with one attached hydrogen (secondary N) is 1. The van der Waals surface area contributed by atoms with Gasteiger partial charge in [0.05, 0.1) is 12.1 Å². The number of nitrogens with zero attached hydrogens (tertiary/aromatic N) is 4. The summed E-state index contributed by atoms with van der Waals surface area (Å²) in [7, 11) is 3.61. The summed E-state index contributed by atoms with van der Waals surface area (Å²) in [5.41, 5.74) is 3.48. The molecule has 0 spiro atoms. The number of fused-ring (bicyclic) bond motifs is 2. The second-order valence-electron chi connectivity index (χ2n) is 6.44. The molecule has 4 aromatic rings. The van der Waals surface area contributed by atoms with Crippen LogP contribution in [0.3, 0.4) is 0 Å². The number of aryl methyl sites for hydroxylation is 2. The highest BCUT2D eigenvalue weighted by Crippen LogP contribution is 2.20. The van der Waals surface area contributed by atoms with E-state index in [0.717, 1.165) is 22.4 Å². The molecule has 0 unspecified atom stereocenters. The maximum atomic E-state index is 13.3. The standard InChI is InChI=1S/C19H18FN5O/c1-11-22-17-15(6-7-21-18(17)25(11)3)19(26)24(2)10-14-9-12-8-13(20)4-5-16(12)23-14/h4-9,23H,10H2,1-3H3. The van der Waals surface area contributed by atoms with E-state index in [9.17, 15) is 9.18 Å². The number of aromatic nitrogens is 4. The monoisotopic (exact) mass is 351 g/mol. The number of amides is 1. The lowest BCUT2D eigenvalue weighted by atomic mass is 10.2. The molecule has 7 heteroatoms. The van der Waals surface area contributed by atoms with Gasteiger partial charge in [0.25, 0.3) is 5.91 Å². The smallest absolute Gasteiger partial charge is 0.256 e. The zero-order valence-corrected chi connectivity index (χ0v) is 14.7. The average Bonchev–Trinajstić information content (AvgIpc) is 3.14. The number of halogens is 1. The Morgan fingerprint density at radius 3 is 2.92 bits per heavy atom. The molecule has 132 valence electrons. The third kappa shape index (κ3) is 2.61. The van der Waals surface area contributed by atoms with Crippen molar-refractivity contribution in [2.45, 2.75) is 13.5 Å². The van der Waals surface area contributed by atoms with E-state index < -0.39 is 0 Å². The highest BCUT2D eigenvalue weighted by molar-refractivity contribution is 6.04. The van der Waals surface area contributed by atoms with Crippen molar-refractivity contribution in [2.24, 2.45) is 7.05 Å². The molecule has 0 saturated carbocycles. The number of H-pyrrole nitrogens is 1. The number of benzene rings is 1. The molecule has 0 atom stereocenters. The molecule has 26 heavy (non-hydrogen) atoms. The molecule has 0 aliphatic carbocycles. The first-order chi connectivity index (χ1) is 12.4. The van der Waals surface area contributed by atoms with Crippen molar-refractivity contribution in [3.05, 3.63) is 59.4 Å². The van der Waals surface area contributed by atoms with E-state index in [0.29, 0.717) is 23.3 Å². The minimum absolute atomic E-state index is 0.139. The SMILES string of the molecule is Cc1nc2c(C(=O)N(C)Cc3cc4cc(F)ccc4[nH]3)ccnc2n1C. The third-order valence-corrected chi connectivity index (χ3v) is 4.60. The van der Waals surface area contributed by atoms with Crippen LogP contribution in [-0.4, -0.2) is 37.4 Å². The van der Waals surface area contributed by atoms with Crippen LogP contribution in [0.4, 0.5) is 4.39 Å². The van der Waals surface area contributed by atoms with E-state index in [1.54, 1.807) is 30.3 Å². The second kappa shape index (κ2) is 5.94. The van der Waals surface area contributed by atoms with Crippen LogP contribution in [0, 0.1) is 12.7 Å². The second-order valence-corrected chi connectivity index (χ2v) is 6.44. The summed E-state index contributed by atoms with van der Waals surface area (Å²) in [6.07, 6.45) is 1.62. The minimum atomic E-state index is -0.280. The first-order valence-electron chi connectivity index (χ1n) is 8.24. The molecule has 3 heterocycles. The number of imidazole rings is 1. The molecule has 0 radical (unpaired) electrons. The Balaban J connectivity index is 1.64. The fourth-order valence-electron chi connectivity index (χ4n) is 3.14. The van der Waals surface area contributed by atoms with Crippen LogP contribution in [0.25, 0.3) is 22.1 Å². The van der Waals surface area contributed by atoms with Gasteiger partial charge in [0.15, 0.2) is 5.65 Å². The van der Waals surface area contributed by atoms with Crippen molar-refractivity contribution in [3.63, 3.8) is 0 Å². The summed E-state index contributed by atoms with van der Waals surface area (Å²) >= 11 is 0. The normalized spacial score (nSPS) is 11.4. The maximum absolute atomic E-state index is 13.3. The van der Waals surface area contributed by atoms with Gasteiger partial charge in [-0.2, -0.15) is 0 Å². The van der Waals surface area contributed by atoms with Crippen LogP contribution in [0.5, 0.6) is 0 Å². The van der Waals surface area contributed by atoms with E-state index in [2.05, 4.69) is 15.0 Å². The van der Waals surface area contributed by atoms with E-state index in [4.69, 9.17) is 0 Å². The number of carbonyl (C=O) groups excluding carboxylic acids is 1. The Kier molecular flexibility index (Phi) is 3.72. The van der Waals surface area contributed by atoms with Gasteiger partial charge in [-0.15, -0.1) is 0 Å². The molecular formula is C19H18FN5O. The predicted octanol–water partition coefficient (Wildman–Crippen LogP) is 3.17. The molecule has 6 nitrogen and oxygen atoms in total. The van der Waals surface area contributed by atoms with Crippen molar-refractivity contribution < 1.29 is 9.18 Å². The summed E-state index contributed by atoms with van der Waals surface area (Å²) < 4.78 is 15.2. The van der Waals surface area contributed by atoms with Gasteiger partial charge < -0.3 is 14.5 Å². The molecule has 1 aromatic carbocycles. The van der Waals surface area contributed by atoms with Gasteiger partial charge in [-0.1, -0.05) is 0 Å². The third-order valence-electron chi connectivity index (χ3n) is 4.60. The van der Waals surface area contributed by atoms with Gasteiger partial charge in [0.2, 0.25) is 0 Å². The van der Waals surface area contributed by atoms with Crippen molar-refractivity contribution in [3.8, 4) is 0 Å². The zero-order chi connectivity index (χ0) is 18.4. The molecule has 0 saturated heterocycles. The van der Waals surface area contributed by atoms with Crippen LogP contribution in [0.1, 0.15) is 21.9 Å². The molecule has 0 bridgehead atoms. The topological polar surface area (TPSA) is 66.8 Å². The van der Waals surface area contributed by atoms with Gasteiger partial charge in [0.1, 0.15) is 17.2 Å². The van der Waals surface area contributed by atoms with Crippen LogP contribution in [0.2, 0.25) is 0 Å². The summed E-state index contributed by atoms with van der Waals surface area (Å²) in [5.74, 6) is 0.380. The summed E-state index contributed by atoms with van der Waals surface area (Å²) in [4.78, 5) is 26.5. The van der Waals surface area contributed by atoms with Crippen LogP contribution < -0.4 is 0 Å². The van der Waals surface area contributed by atoms with Gasteiger partial charge in [-0.3, -0.25) is 4.79 Å². The highest BCUT2D eigenvalue weighted by atomic mass is 19.1. The van der Waals surface area contributed by atoms with Crippen LogP contribution in [-0.2, 0) is 13.6 Å². The van der Waals surface area contributed by atoms with E-state index in [1.807, 2.05) is 24.6 Å². The molecule has 1 amide bonds. The number of pyridine rings is 1. The van der Waals surface area contributed by atoms with E-state index >= 15 is 0 Å². The van der Waals surface area contributed by atoms with Crippen LogP contribution >= 0.6 is 0 Å². The molecule has 0 fully saturated rings. The molecule has 0 aliphatic rings. The van der Waals surface area contributed by atoms with Gasteiger partial charge in [-0.05, 0) is 37.3 Å². The summed E-state index contributed by atoms with van der Waals surface area (Å²) in [6, 6.07) is 8.12. The molecule has 4 rings (SSSR count). The minimum Gasteiger partial charge on any atom is -0.357 e. The molecule has 3 aromatic heterocycles. The Morgan fingerprint density at radius 2 is 2.12 bits per heavy atom. The molecule has 0 aliphatic heterocycles. The maximum Gasteiger partial charge on any atom is 0.256 e. The van der Waals surface area contributed by atoms with E-state index in [-0.39, 0.29) is 11.7 Å². The Labute approximate surface area is 149 Å². The van der Waals surface area contributed by atoms with Crippen molar-refractivity contribution >= 4 is 28.0 Å². The number of rotatable bonds is 3. The number of aromatic amines is 1. The van der Waals surface area contributed by atoms with Gasteiger partial charge >= 0.3 is 0 Å². The Hall–Kier alpha value is -3.22. The Morgan fingerprint density at radius 1 is 1.31 bits per heavy atom. The average molecular weight is 351 g/mol. The summed E-state index contributed by atoms with van der Waals surface area (Å²) in [6.45, 7) is 2.26. The van der Waals surface area contributed by atoms with Crippen molar-refractivity contribution in [1.29, 1.82) is 0 Å². The molecular weight excluding hydrogens is 333 g/mol. The largest absolute Gasteiger partial charge is 0.357 e. The number of carbonyl (C=O) groups is 1. The van der Waals surface area contributed by atoms with Crippen molar-refractivity contribution in [1.82, 2.24) is 24.4 Å². The fourth-order valence-corrected chi connectivity index (χ4v) is 3.14. The first-order valence-corrected chi connectivity index (χ1v) is 8.24. The zero-order valence-electron chi connectivity index (χ0n) is 14.7. The first kappa shape index (κ1) is 16.3. The summed E-state index contributed by atoms with van der Waals surface area (Å²) in [5, 5.41) is 0.785. The van der Waals surface area contributed by atoms with Gasteiger partial charge in [0, 0.05) is 36.9 Å². The van der Waals surface area contributed by atoms with Gasteiger partial charge in [-0.25, -0.2) is 14.4 Å². The highest BCUT2D eigenvalue weighted by Gasteiger charge is 2.19. The number of hydrogen-bond donors (Lipinski definition) is 1. The Bertz CT molecular complexity index is 1140. The number of hydrogen-bond acceptors (Lipinski definition) is 3. The van der Waals surface area contributed by atoms with Crippen molar-refractivity contribution in [2.75, 3.05) is 7.05 Å². The fraction of sp³-hybridized carbons (Fsp3) is 0.211. The molecule has 1 N–H and O–H groups in total. The lowest BCUT2D eigenvalue weighted by Crippen LogP contribution is -2.26. The van der Waals surface area contributed by atoms with E-state index in [1.165, 1.54) is 12.1 Å². The quantitative estimate of drug-likeness (QED) is 0.616. The lowest BCUT2D eigenvalue weighted by Gasteiger charge is -2.16. The van der Waals surface area contributed by atoms with Crippen LogP contribution in [0.15, 0.2) is 36.5 Å². The lowest BCUT2D eigenvalue weighted by molar-refractivity contribution is 0.0785.